The minimum atomic E-state index is -2.14. The van der Waals surface area contributed by atoms with E-state index >= 15 is 0 Å². The lowest BCUT2D eigenvalue weighted by atomic mass is 10.5. The first-order valence-electron chi connectivity index (χ1n) is 2.40. The SMILES string of the molecule is CCC(OC)[P+](=O)O. The highest BCUT2D eigenvalue weighted by atomic mass is 31.1. The summed E-state index contributed by atoms with van der Waals surface area (Å²) < 4.78 is 14.8. The van der Waals surface area contributed by atoms with E-state index in [-0.39, 0.29) is 0 Å². The van der Waals surface area contributed by atoms with Crippen molar-refractivity contribution in [2.45, 2.75) is 19.2 Å². The third-order valence-electron chi connectivity index (χ3n) is 0.868. The van der Waals surface area contributed by atoms with Crippen molar-refractivity contribution < 1.29 is 14.2 Å². The van der Waals surface area contributed by atoms with E-state index in [2.05, 4.69) is 4.74 Å². The van der Waals surface area contributed by atoms with Crippen molar-refractivity contribution in [3.63, 3.8) is 0 Å². The lowest BCUT2D eigenvalue weighted by Gasteiger charge is -1.94. The average molecular weight is 137 g/mol. The molecule has 0 aromatic rings. The van der Waals surface area contributed by atoms with E-state index in [0.29, 0.717) is 6.42 Å². The molecule has 0 aliphatic heterocycles. The molecule has 1 N–H and O–H groups in total. The minimum Gasteiger partial charge on any atom is -0.336 e. The molecule has 0 heterocycles. The Morgan fingerprint density at radius 1 is 1.88 bits per heavy atom. The summed E-state index contributed by atoms with van der Waals surface area (Å²) in [4.78, 5) is 8.40. The topological polar surface area (TPSA) is 46.5 Å². The highest BCUT2D eigenvalue weighted by Crippen LogP contribution is 2.24. The summed E-state index contributed by atoms with van der Waals surface area (Å²) in [5.74, 6) is -0.481. The van der Waals surface area contributed by atoms with Crippen LogP contribution in [-0.4, -0.2) is 17.8 Å². The number of hydrogen-bond donors (Lipinski definition) is 1. The van der Waals surface area contributed by atoms with E-state index in [0.717, 1.165) is 0 Å². The summed E-state index contributed by atoms with van der Waals surface area (Å²) in [5, 5.41) is 0. The molecule has 0 saturated heterocycles. The molecule has 0 aliphatic rings. The van der Waals surface area contributed by atoms with Gasteiger partial charge >= 0.3 is 8.03 Å². The lowest BCUT2D eigenvalue weighted by Crippen LogP contribution is -2.01. The van der Waals surface area contributed by atoms with Gasteiger partial charge in [0.25, 0.3) is 5.85 Å². The largest absolute Gasteiger partial charge is 0.537 e. The molecule has 8 heavy (non-hydrogen) atoms. The molecule has 0 saturated carbocycles. The van der Waals surface area contributed by atoms with Gasteiger partial charge in [-0.3, -0.25) is 0 Å². The smallest absolute Gasteiger partial charge is 0.336 e. The van der Waals surface area contributed by atoms with Crippen molar-refractivity contribution in [3.05, 3.63) is 0 Å². The fourth-order valence-electron chi connectivity index (χ4n) is 0.413. The Bertz CT molecular complexity index is 79.4. The summed E-state index contributed by atoms with van der Waals surface area (Å²) in [6, 6.07) is 0. The van der Waals surface area contributed by atoms with Gasteiger partial charge in [0.1, 0.15) is 0 Å². The molecule has 0 fully saturated rings. The molecule has 0 aliphatic carbocycles. The van der Waals surface area contributed by atoms with Crippen LogP contribution in [0.2, 0.25) is 0 Å². The van der Waals surface area contributed by atoms with Crippen LogP contribution >= 0.6 is 8.03 Å². The highest BCUT2D eigenvalue weighted by Gasteiger charge is 2.25. The number of hydrogen-bond acceptors (Lipinski definition) is 2. The van der Waals surface area contributed by atoms with Crippen LogP contribution in [0.5, 0.6) is 0 Å². The van der Waals surface area contributed by atoms with Crippen molar-refractivity contribution in [2.24, 2.45) is 0 Å². The second kappa shape index (κ2) is 3.96. The number of methoxy groups -OCH3 is 1. The molecule has 0 rings (SSSR count). The molecule has 2 atom stereocenters. The Morgan fingerprint density at radius 3 is 2.38 bits per heavy atom. The predicted molar refractivity (Wildman–Crippen MR) is 30.9 cm³/mol. The molecule has 0 spiro atoms. The van der Waals surface area contributed by atoms with Crippen LogP contribution < -0.4 is 0 Å². The third-order valence-corrected chi connectivity index (χ3v) is 1.94. The van der Waals surface area contributed by atoms with Gasteiger partial charge in [0.05, 0.1) is 0 Å². The second-order valence-electron chi connectivity index (χ2n) is 1.40. The van der Waals surface area contributed by atoms with E-state index in [1.54, 1.807) is 6.92 Å². The van der Waals surface area contributed by atoms with Crippen molar-refractivity contribution in [3.8, 4) is 0 Å². The molecule has 0 aromatic carbocycles. The zero-order chi connectivity index (χ0) is 6.57. The van der Waals surface area contributed by atoms with E-state index < -0.39 is 13.9 Å². The fraction of sp³-hybridized carbons (Fsp3) is 1.00. The Morgan fingerprint density at radius 2 is 2.38 bits per heavy atom. The van der Waals surface area contributed by atoms with Crippen LogP contribution in [0.1, 0.15) is 13.3 Å². The van der Waals surface area contributed by atoms with E-state index in [1.165, 1.54) is 7.11 Å². The molecule has 4 heteroatoms. The average Bonchev–Trinajstić information content (AvgIpc) is 1.69. The van der Waals surface area contributed by atoms with Crippen molar-refractivity contribution in [1.29, 1.82) is 0 Å². The summed E-state index contributed by atoms with van der Waals surface area (Å²) in [6.07, 6.45) is 0.586. The third kappa shape index (κ3) is 2.36. The molecule has 0 radical (unpaired) electrons. The van der Waals surface area contributed by atoms with Crippen LogP contribution in [0.3, 0.4) is 0 Å². The zero-order valence-corrected chi connectivity index (χ0v) is 5.89. The standard InChI is InChI=1S/C4H9O3P/c1-3-4(7-2)8(5)6/h4H,3H2,1-2H3/p+1. The number of rotatable bonds is 3. The van der Waals surface area contributed by atoms with Crippen molar-refractivity contribution in [1.82, 2.24) is 0 Å². The maximum atomic E-state index is 10.2. The maximum absolute atomic E-state index is 10.2. The van der Waals surface area contributed by atoms with Crippen LogP contribution in [0.4, 0.5) is 0 Å². The Labute approximate surface area is 49.5 Å². The number of ether oxygens (including phenoxy) is 1. The molecule has 0 aromatic heterocycles. The van der Waals surface area contributed by atoms with Gasteiger partial charge in [-0.25, -0.2) is 0 Å². The van der Waals surface area contributed by atoms with Crippen molar-refractivity contribution in [2.75, 3.05) is 7.11 Å². The van der Waals surface area contributed by atoms with Crippen LogP contribution in [-0.2, 0) is 9.30 Å². The summed E-state index contributed by atoms with van der Waals surface area (Å²) in [7, 11) is -0.708. The molecule has 48 valence electrons. The Balaban J connectivity index is 3.52. The quantitative estimate of drug-likeness (QED) is 0.592. The first kappa shape index (κ1) is 8.02. The molecular weight excluding hydrogens is 127 g/mol. The first-order chi connectivity index (χ1) is 3.72. The normalized spacial score (nSPS) is 15.6. The Kier molecular flexibility index (Phi) is 3.97. The Hall–Kier alpha value is 0.0200. The van der Waals surface area contributed by atoms with Gasteiger partial charge < -0.3 is 4.74 Å². The monoisotopic (exact) mass is 137 g/mol. The van der Waals surface area contributed by atoms with Gasteiger partial charge in [-0.1, -0.05) is 6.92 Å². The van der Waals surface area contributed by atoms with E-state index in [1.807, 2.05) is 0 Å². The van der Waals surface area contributed by atoms with Crippen LogP contribution in [0.25, 0.3) is 0 Å². The molecule has 0 amide bonds. The van der Waals surface area contributed by atoms with Crippen molar-refractivity contribution >= 4 is 8.03 Å². The van der Waals surface area contributed by atoms with Gasteiger partial charge in [-0.2, -0.15) is 4.89 Å². The van der Waals surface area contributed by atoms with Gasteiger partial charge in [-0.05, 0) is 4.57 Å². The lowest BCUT2D eigenvalue weighted by molar-refractivity contribution is 0.154. The molecule has 0 bridgehead atoms. The van der Waals surface area contributed by atoms with Crippen LogP contribution in [0, 0.1) is 0 Å². The minimum absolute atomic E-state index is 0.481. The zero-order valence-electron chi connectivity index (χ0n) is 5.00. The van der Waals surface area contributed by atoms with E-state index in [9.17, 15) is 4.57 Å². The maximum Gasteiger partial charge on any atom is 0.537 e. The summed E-state index contributed by atoms with van der Waals surface area (Å²) in [5.41, 5.74) is 0. The molecule has 2 unspecified atom stereocenters. The highest BCUT2D eigenvalue weighted by molar-refractivity contribution is 7.38. The first-order valence-corrected chi connectivity index (χ1v) is 3.68. The predicted octanol–water partition coefficient (Wildman–Crippen LogP) is 1.10. The van der Waals surface area contributed by atoms with Gasteiger partial charge in [0.2, 0.25) is 0 Å². The van der Waals surface area contributed by atoms with E-state index in [4.69, 9.17) is 4.89 Å². The summed E-state index contributed by atoms with van der Waals surface area (Å²) in [6.45, 7) is 1.80. The van der Waals surface area contributed by atoms with Gasteiger partial charge in [0.15, 0.2) is 0 Å². The molecular formula is C4H10O3P+. The van der Waals surface area contributed by atoms with Crippen LogP contribution in [0.15, 0.2) is 0 Å². The summed E-state index contributed by atoms with van der Waals surface area (Å²) >= 11 is 0. The fourth-order valence-corrected chi connectivity index (χ4v) is 0.906. The van der Waals surface area contributed by atoms with Gasteiger partial charge in [0, 0.05) is 13.5 Å². The molecule has 3 nitrogen and oxygen atoms in total. The van der Waals surface area contributed by atoms with Gasteiger partial charge in [-0.15, -0.1) is 0 Å². The second-order valence-corrected chi connectivity index (χ2v) is 2.58.